The zero-order chi connectivity index (χ0) is 18.8. The van der Waals surface area contributed by atoms with Crippen molar-refractivity contribution in [3.63, 3.8) is 0 Å². The van der Waals surface area contributed by atoms with Crippen LogP contribution in [0.4, 0.5) is 5.69 Å². The molecule has 5 heteroatoms. The van der Waals surface area contributed by atoms with E-state index in [-0.39, 0.29) is 11.6 Å². The number of pyridine rings is 1. The van der Waals surface area contributed by atoms with Crippen molar-refractivity contribution in [2.75, 3.05) is 11.2 Å². The van der Waals surface area contributed by atoms with Crippen molar-refractivity contribution in [3.05, 3.63) is 75.8 Å². The molecule has 3 nitrogen and oxygen atoms in total. The van der Waals surface area contributed by atoms with Gasteiger partial charge in [-0.15, -0.1) is 11.6 Å². The fourth-order valence-electron chi connectivity index (χ4n) is 3.37. The van der Waals surface area contributed by atoms with E-state index in [0.717, 1.165) is 53.0 Å². The third-order valence-electron chi connectivity index (χ3n) is 4.81. The first-order valence-electron chi connectivity index (χ1n) is 8.68. The van der Waals surface area contributed by atoms with Gasteiger partial charge in [-0.3, -0.25) is 4.79 Å². The Hall–Kier alpha value is -1.97. The molecule has 0 radical (unpaired) electrons. The van der Waals surface area contributed by atoms with Crippen molar-refractivity contribution < 1.29 is 0 Å². The number of halogens is 2. The summed E-state index contributed by atoms with van der Waals surface area (Å²) in [5.41, 5.74) is 5.40. The van der Waals surface area contributed by atoms with Gasteiger partial charge in [-0.25, -0.2) is 0 Å². The van der Waals surface area contributed by atoms with E-state index < -0.39 is 0 Å². The van der Waals surface area contributed by atoms with Gasteiger partial charge in [0.25, 0.3) is 5.56 Å². The maximum Gasteiger partial charge on any atom is 0.251 e. The molecule has 1 N–H and O–H groups in total. The zero-order valence-electron chi connectivity index (χ0n) is 14.8. The lowest BCUT2D eigenvalue weighted by Gasteiger charge is -2.18. The summed E-state index contributed by atoms with van der Waals surface area (Å²) >= 11 is 12.2. The summed E-state index contributed by atoms with van der Waals surface area (Å²) in [6.45, 7) is 10.1. The second-order valence-corrected chi connectivity index (χ2v) is 7.27. The molecule has 2 aromatic rings. The van der Waals surface area contributed by atoms with E-state index in [1.54, 1.807) is 6.07 Å². The number of fused-ring (bicyclic) bond motifs is 1. The van der Waals surface area contributed by atoms with Gasteiger partial charge in [0, 0.05) is 39.6 Å². The molecule has 136 valence electrons. The molecule has 1 aromatic heterocycles. The summed E-state index contributed by atoms with van der Waals surface area (Å²) in [6.07, 6.45) is 2.50. The molecule has 0 saturated heterocycles. The zero-order valence-corrected chi connectivity index (χ0v) is 16.3. The molecule has 26 heavy (non-hydrogen) atoms. The lowest BCUT2D eigenvalue weighted by atomic mass is 10.0. The Morgan fingerprint density at radius 1 is 1.31 bits per heavy atom. The standard InChI is InChI=1S/C21H22Cl2N2O/c1-4-14(3)24-19-7-5-16(23)11-18(19)15-9-17-6-8-20(13(2)12-22)25(17)21(26)10-15/h5,7,9-11,20,24H,2-4,6,8,12H2,1H3. The number of nitrogens with one attached hydrogen (secondary N) is 1. The number of aryl methyl sites for hydroxylation is 1. The first-order valence-corrected chi connectivity index (χ1v) is 9.59. The summed E-state index contributed by atoms with van der Waals surface area (Å²) in [6, 6.07) is 9.34. The molecule has 1 aliphatic rings. The highest BCUT2D eigenvalue weighted by Crippen LogP contribution is 2.35. The van der Waals surface area contributed by atoms with Gasteiger partial charge >= 0.3 is 0 Å². The molecule has 0 amide bonds. The van der Waals surface area contributed by atoms with Crippen LogP contribution < -0.4 is 10.9 Å². The molecule has 1 aliphatic heterocycles. The maximum absolute atomic E-state index is 12.8. The van der Waals surface area contributed by atoms with Gasteiger partial charge in [-0.05, 0) is 54.7 Å². The van der Waals surface area contributed by atoms with Crippen LogP contribution in [0.2, 0.25) is 5.02 Å². The van der Waals surface area contributed by atoms with Gasteiger partial charge in [0.15, 0.2) is 0 Å². The summed E-state index contributed by atoms with van der Waals surface area (Å²) in [4.78, 5) is 12.8. The summed E-state index contributed by atoms with van der Waals surface area (Å²) < 4.78 is 1.82. The van der Waals surface area contributed by atoms with Gasteiger partial charge in [0.05, 0.1) is 6.04 Å². The number of benzene rings is 1. The minimum atomic E-state index is -0.0356. The van der Waals surface area contributed by atoms with E-state index in [2.05, 4.69) is 24.5 Å². The number of hydrogen-bond acceptors (Lipinski definition) is 2. The molecular weight excluding hydrogens is 367 g/mol. The second-order valence-electron chi connectivity index (χ2n) is 6.56. The van der Waals surface area contributed by atoms with E-state index in [0.29, 0.717) is 10.9 Å². The van der Waals surface area contributed by atoms with Crippen molar-refractivity contribution in [3.8, 4) is 11.1 Å². The molecule has 0 aliphatic carbocycles. The lowest BCUT2D eigenvalue weighted by molar-refractivity contribution is 0.592. The smallest absolute Gasteiger partial charge is 0.251 e. The van der Waals surface area contributed by atoms with Gasteiger partial charge in [0.2, 0.25) is 0 Å². The van der Waals surface area contributed by atoms with E-state index in [4.69, 9.17) is 23.2 Å². The first kappa shape index (κ1) is 18.8. The molecule has 1 atom stereocenters. The van der Waals surface area contributed by atoms with Crippen molar-refractivity contribution in [2.24, 2.45) is 0 Å². The Bertz CT molecular complexity index is 930. The molecule has 2 heterocycles. The number of allylic oxidation sites excluding steroid dienone is 2. The average Bonchev–Trinajstić information content (AvgIpc) is 3.07. The Balaban J connectivity index is 2.08. The third-order valence-corrected chi connectivity index (χ3v) is 5.39. The van der Waals surface area contributed by atoms with Crippen LogP contribution in [0.5, 0.6) is 0 Å². The molecule has 0 spiro atoms. The van der Waals surface area contributed by atoms with Crippen LogP contribution in [0.1, 0.15) is 31.5 Å². The largest absolute Gasteiger partial charge is 0.359 e. The topological polar surface area (TPSA) is 34.0 Å². The number of anilines is 1. The van der Waals surface area contributed by atoms with Crippen LogP contribution in [0, 0.1) is 0 Å². The van der Waals surface area contributed by atoms with Gasteiger partial charge in [0.1, 0.15) is 0 Å². The minimum absolute atomic E-state index is 0.0131. The normalized spacial score (nSPS) is 15.6. The van der Waals surface area contributed by atoms with E-state index in [1.807, 2.05) is 29.7 Å². The fourth-order valence-corrected chi connectivity index (χ4v) is 3.72. The Morgan fingerprint density at radius 3 is 2.77 bits per heavy atom. The third kappa shape index (κ3) is 3.60. The molecule has 0 fully saturated rings. The van der Waals surface area contributed by atoms with E-state index >= 15 is 0 Å². The predicted octanol–water partition coefficient (Wildman–Crippen LogP) is 5.79. The highest BCUT2D eigenvalue weighted by atomic mass is 35.5. The Morgan fingerprint density at radius 2 is 2.08 bits per heavy atom. The molecule has 3 rings (SSSR count). The minimum Gasteiger partial charge on any atom is -0.359 e. The fraction of sp³-hybridized carbons (Fsp3) is 0.286. The average molecular weight is 389 g/mol. The maximum atomic E-state index is 12.8. The van der Waals surface area contributed by atoms with Crippen molar-refractivity contribution >= 4 is 28.9 Å². The highest BCUT2D eigenvalue weighted by Gasteiger charge is 2.25. The van der Waals surface area contributed by atoms with Crippen LogP contribution >= 0.6 is 23.2 Å². The SMILES string of the molecule is C=C(CC)Nc1ccc(Cl)cc1-c1cc2n(c(=O)c1)C(C(=C)CCl)CC2. The van der Waals surface area contributed by atoms with Crippen LogP contribution in [-0.4, -0.2) is 10.4 Å². The molecule has 1 unspecified atom stereocenters. The Kier molecular flexibility index (Phi) is 5.59. The molecule has 0 saturated carbocycles. The van der Waals surface area contributed by atoms with Crippen molar-refractivity contribution in [1.29, 1.82) is 0 Å². The predicted molar refractivity (Wildman–Crippen MR) is 111 cm³/mol. The van der Waals surface area contributed by atoms with E-state index in [9.17, 15) is 4.79 Å². The summed E-state index contributed by atoms with van der Waals surface area (Å²) in [7, 11) is 0. The van der Waals surface area contributed by atoms with Gasteiger partial charge in [-0.1, -0.05) is 31.7 Å². The quantitative estimate of drug-likeness (QED) is 0.502. The summed E-state index contributed by atoms with van der Waals surface area (Å²) in [5, 5.41) is 3.94. The van der Waals surface area contributed by atoms with Crippen molar-refractivity contribution in [1.82, 2.24) is 4.57 Å². The number of nitrogens with zero attached hydrogens (tertiary/aromatic N) is 1. The first-order chi connectivity index (χ1) is 12.4. The van der Waals surface area contributed by atoms with Crippen LogP contribution in [0.3, 0.4) is 0 Å². The Labute approximate surface area is 164 Å². The van der Waals surface area contributed by atoms with E-state index in [1.165, 1.54) is 0 Å². The second kappa shape index (κ2) is 7.73. The molecular formula is C21H22Cl2N2O. The summed E-state index contributed by atoms with van der Waals surface area (Å²) in [5.74, 6) is 0.361. The molecule has 1 aromatic carbocycles. The highest BCUT2D eigenvalue weighted by molar-refractivity contribution is 6.31. The molecule has 0 bridgehead atoms. The van der Waals surface area contributed by atoms with Crippen LogP contribution in [0.15, 0.2) is 59.6 Å². The number of hydrogen-bond donors (Lipinski definition) is 1. The number of alkyl halides is 1. The number of rotatable bonds is 6. The van der Waals surface area contributed by atoms with Gasteiger partial charge < -0.3 is 9.88 Å². The van der Waals surface area contributed by atoms with Crippen molar-refractivity contribution in [2.45, 2.75) is 32.2 Å². The monoisotopic (exact) mass is 388 g/mol. The van der Waals surface area contributed by atoms with Crippen LogP contribution in [-0.2, 0) is 6.42 Å². The lowest BCUT2D eigenvalue weighted by Crippen LogP contribution is -2.23. The van der Waals surface area contributed by atoms with Crippen LogP contribution in [0.25, 0.3) is 11.1 Å². The number of aromatic nitrogens is 1. The van der Waals surface area contributed by atoms with Gasteiger partial charge in [-0.2, -0.15) is 0 Å².